The van der Waals surface area contributed by atoms with E-state index in [2.05, 4.69) is 10.5 Å². The first kappa shape index (κ1) is 15.1. The van der Waals surface area contributed by atoms with Crippen molar-refractivity contribution < 1.29 is 9.53 Å². The molecule has 0 unspecified atom stereocenters. The molecule has 0 aliphatic carbocycles. The number of nitrogens with zero attached hydrogens (tertiary/aromatic N) is 1. The van der Waals surface area contributed by atoms with Crippen LogP contribution in [-0.2, 0) is 4.79 Å². The average Bonchev–Trinajstić information content (AvgIpc) is 2.47. The monoisotopic (exact) mass is 302 g/mol. The summed E-state index contributed by atoms with van der Waals surface area (Å²) in [6.45, 7) is 1.77. The van der Waals surface area contributed by atoms with Gasteiger partial charge >= 0.3 is 0 Å². The first-order valence-corrected chi connectivity index (χ1v) is 6.79. The molecule has 0 saturated heterocycles. The van der Waals surface area contributed by atoms with E-state index in [1.165, 1.54) is 0 Å². The van der Waals surface area contributed by atoms with E-state index < -0.39 is 0 Å². The van der Waals surface area contributed by atoms with Crippen molar-refractivity contribution in [1.82, 2.24) is 5.43 Å². The summed E-state index contributed by atoms with van der Waals surface area (Å²) in [5.74, 6) is 0.304. The summed E-state index contributed by atoms with van der Waals surface area (Å²) < 4.78 is 5.41. The minimum Gasteiger partial charge on any atom is -0.483 e. The molecule has 0 spiro atoms. The largest absolute Gasteiger partial charge is 0.483 e. The normalized spacial score (nSPS) is 10.6. The van der Waals surface area contributed by atoms with Crippen molar-refractivity contribution in [2.24, 2.45) is 5.10 Å². The molecule has 0 heterocycles. The second-order valence-corrected chi connectivity index (χ2v) is 4.84. The molecule has 2 aromatic rings. The third kappa shape index (κ3) is 4.93. The molecule has 5 heteroatoms. The molecule has 0 aliphatic heterocycles. The van der Waals surface area contributed by atoms with Gasteiger partial charge in [0, 0.05) is 5.02 Å². The lowest BCUT2D eigenvalue weighted by molar-refractivity contribution is -0.123. The van der Waals surface area contributed by atoms with Crippen LogP contribution < -0.4 is 10.2 Å². The Labute approximate surface area is 128 Å². The molecule has 1 amide bonds. The van der Waals surface area contributed by atoms with E-state index in [0.29, 0.717) is 10.8 Å². The van der Waals surface area contributed by atoms with E-state index >= 15 is 0 Å². The molecular formula is C16H15ClN2O2. The summed E-state index contributed by atoms with van der Waals surface area (Å²) >= 11 is 5.85. The van der Waals surface area contributed by atoms with Crippen LogP contribution in [0.1, 0.15) is 11.1 Å². The van der Waals surface area contributed by atoms with E-state index in [1.54, 1.807) is 24.4 Å². The van der Waals surface area contributed by atoms with E-state index in [0.717, 1.165) is 11.1 Å². The maximum absolute atomic E-state index is 11.6. The Balaban J connectivity index is 1.81. The number of amides is 1. The third-order valence-corrected chi connectivity index (χ3v) is 2.93. The van der Waals surface area contributed by atoms with Crippen molar-refractivity contribution in [1.29, 1.82) is 0 Å². The van der Waals surface area contributed by atoms with Gasteiger partial charge < -0.3 is 4.74 Å². The molecule has 0 saturated carbocycles. The second kappa shape index (κ2) is 7.45. The zero-order valence-corrected chi connectivity index (χ0v) is 12.3. The number of nitrogens with one attached hydrogen (secondary N) is 1. The molecule has 0 fully saturated rings. The molecule has 21 heavy (non-hydrogen) atoms. The van der Waals surface area contributed by atoms with Crippen molar-refractivity contribution in [3.63, 3.8) is 0 Å². The zero-order valence-electron chi connectivity index (χ0n) is 11.5. The Kier molecular flexibility index (Phi) is 5.35. The molecule has 2 rings (SSSR count). The van der Waals surface area contributed by atoms with Crippen LogP contribution in [0.3, 0.4) is 0 Å². The summed E-state index contributed by atoms with van der Waals surface area (Å²) in [4.78, 5) is 11.6. The van der Waals surface area contributed by atoms with Crippen molar-refractivity contribution in [3.8, 4) is 5.75 Å². The fourth-order valence-corrected chi connectivity index (χ4v) is 1.89. The Bertz CT molecular complexity index is 642. The molecular weight excluding hydrogens is 288 g/mol. The number of aryl methyl sites for hydroxylation is 1. The number of rotatable bonds is 5. The van der Waals surface area contributed by atoms with Crippen LogP contribution in [0.2, 0.25) is 5.02 Å². The van der Waals surface area contributed by atoms with Crippen LogP contribution in [0.4, 0.5) is 0 Å². The lowest BCUT2D eigenvalue weighted by Gasteiger charge is -2.08. The predicted octanol–water partition coefficient (Wildman–Crippen LogP) is 3.18. The van der Waals surface area contributed by atoms with Gasteiger partial charge in [-0.15, -0.1) is 0 Å². The minimum absolute atomic E-state index is 0.103. The Morgan fingerprint density at radius 2 is 2.05 bits per heavy atom. The topological polar surface area (TPSA) is 50.7 Å². The number of hydrazone groups is 1. The third-order valence-electron chi connectivity index (χ3n) is 2.70. The predicted molar refractivity (Wildman–Crippen MR) is 83.9 cm³/mol. The van der Waals surface area contributed by atoms with Crippen LogP contribution >= 0.6 is 11.6 Å². The standard InChI is InChI=1S/C16H15ClN2O2/c1-12-9-14(17)7-8-15(12)21-11-16(20)19-18-10-13-5-3-2-4-6-13/h2-10H,11H2,1H3,(H,19,20)/b18-10-. The first-order chi connectivity index (χ1) is 10.1. The van der Waals surface area contributed by atoms with Crippen molar-refractivity contribution in [2.75, 3.05) is 6.61 Å². The molecule has 0 aromatic heterocycles. The zero-order chi connectivity index (χ0) is 15.1. The molecule has 1 N–H and O–H groups in total. The van der Waals surface area contributed by atoms with Crippen molar-refractivity contribution in [2.45, 2.75) is 6.92 Å². The van der Waals surface area contributed by atoms with Gasteiger partial charge in [-0.25, -0.2) is 5.43 Å². The lowest BCUT2D eigenvalue weighted by Crippen LogP contribution is -2.24. The number of halogens is 1. The Hall–Kier alpha value is -2.33. The number of benzene rings is 2. The number of carbonyl (C=O) groups is 1. The van der Waals surface area contributed by atoms with Crippen LogP contribution in [0, 0.1) is 6.92 Å². The highest BCUT2D eigenvalue weighted by Crippen LogP contribution is 2.21. The van der Waals surface area contributed by atoms with Crippen molar-refractivity contribution >= 4 is 23.7 Å². The van der Waals surface area contributed by atoms with Crippen LogP contribution in [-0.4, -0.2) is 18.7 Å². The van der Waals surface area contributed by atoms with Gasteiger partial charge in [0.1, 0.15) is 5.75 Å². The maximum Gasteiger partial charge on any atom is 0.277 e. The van der Waals surface area contributed by atoms with Crippen LogP contribution in [0.15, 0.2) is 53.6 Å². The first-order valence-electron chi connectivity index (χ1n) is 6.41. The van der Waals surface area contributed by atoms with Gasteiger partial charge in [0.15, 0.2) is 6.61 Å². The Morgan fingerprint density at radius 1 is 1.29 bits per heavy atom. The van der Waals surface area contributed by atoms with E-state index in [-0.39, 0.29) is 12.5 Å². The van der Waals surface area contributed by atoms with Gasteiger partial charge in [-0.05, 0) is 36.2 Å². The molecule has 2 aromatic carbocycles. The average molecular weight is 303 g/mol. The summed E-state index contributed by atoms with van der Waals surface area (Å²) in [6, 6.07) is 14.7. The smallest absolute Gasteiger partial charge is 0.277 e. The molecule has 0 aliphatic rings. The van der Waals surface area contributed by atoms with Gasteiger partial charge in [0.05, 0.1) is 6.21 Å². The maximum atomic E-state index is 11.6. The lowest BCUT2D eigenvalue weighted by atomic mass is 10.2. The van der Waals surface area contributed by atoms with Crippen LogP contribution in [0.5, 0.6) is 5.75 Å². The number of carbonyl (C=O) groups excluding carboxylic acids is 1. The van der Waals surface area contributed by atoms with Gasteiger partial charge in [-0.2, -0.15) is 5.10 Å². The van der Waals surface area contributed by atoms with E-state index in [1.807, 2.05) is 37.3 Å². The van der Waals surface area contributed by atoms with Crippen LogP contribution in [0.25, 0.3) is 0 Å². The SMILES string of the molecule is Cc1cc(Cl)ccc1OCC(=O)N/N=C\c1ccccc1. The fraction of sp³-hybridized carbons (Fsp3) is 0.125. The highest BCUT2D eigenvalue weighted by Gasteiger charge is 2.04. The molecule has 108 valence electrons. The van der Waals surface area contributed by atoms with Gasteiger partial charge in [0.2, 0.25) is 0 Å². The van der Waals surface area contributed by atoms with E-state index in [4.69, 9.17) is 16.3 Å². The quantitative estimate of drug-likeness (QED) is 0.681. The highest BCUT2D eigenvalue weighted by atomic mass is 35.5. The fourth-order valence-electron chi connectivity index (χ4n) is 1.67. The number of hydrogen-bond donors (Lipinski definition) is 1. The molecule has 4 nitrogen and oxygen atoms in total. The summed E-state index contributed by atoms with van der Waals surface area (Å²) in [5.41, 5.74) is 4.20. The van der Waals surface area contributed by atoms with E-state index in [9.17, 15) is 4.79 Å². The molecule has 0 bridgehead atoms. The molecule has 0 atom stereocenters. The summed E-state index contributed by atoms with van der Waals surface area (Å²) in [6.07, 6.45) is 1.57. The summed E-state index contributed by atoms with van der Waals surface area (Å²) in [7, 11) is 0. The summed E-state index contributed by atoms with van der Waals surface area (Å²) in [5, 5.41) is 4.50. The number of ether oxygens (including phenoxy) is 1. The highest BCUT2D eigenvalue weighted by molar-refractivity contribution is 6.30. The minimum atomic E-state index is -0.323. The number of hydrogen-bond acceptors (Lipinski definition) is 3. The Morgan fingerprint density at radius 3 is 2.76 bits per heavy atom. The second-order valence-electron chi connectivity index (χ2n) is 4.40. The van der Waals surface area contributed by atoms with Gasteiger partial charge in [-0.3, -0.25) is 4.79 Å². The molecule has 0 radical (unpaired) electrons. The van der Waals surface area contributed by atoms with Gasteiger partial charge in [-0.1, -0.05) is 41.9 Å². The van der Waals surface area contributed by atoms with Crippen molar-refractivity contribution in [3.05, 3.63) is 64.7 Å². The van der Waals surface area contributed by atoms with Gasteiger partial charge in [0.25, 0.3) is 5.91 Å².